The molecule has 0 saturated carbocycles. The Morgan fingerprint density at radius 1 is 1.47 bits per heavy atom. The minimum atomic E-state index is -0.971. The Balaban J connectivity index is 2.69. The highest BCUT2D eigenvalue weighted by molar-refractivity contribution is 9.10. The number of halogens is 1. The molecular formula is C12H13BrO4. The van der Waals surface area contributed by atoms with Gasteiger partial charge in [-0.05, 0) is 39.7 Å². The average molecular weight is 301 g/mol. The standard InChI is InChI=1S/C12H13BrO4/c1-16-6-7-17-11-4-2-9(8-10(11)13)3-5-12(14)15/h2-5,8H,6-7H2,1H3,(H,14,15). The number of carboxylic acid groups (broad SMARTS) is 1. The van der Waals surface area contributed by atoms with Crippen LogP contribution in [0.2, 0.25) is 0 Å². The zero-order valence-electron chi connectivity index (χ0n) is 9.35. The number of benzene rings is 1. The summed E-state index contributed by atoms with van der Waals surface area (Å²) in [6, 6.07) is 5.36. The predicted octanol–water partition coefficient (Wildman–Crippen LogP) is 2.57. The molecule has 0 aliphatic heterocycles. The number of rotatable bonds is 6. The summed E-state index contributed by atoms with van der Waals surface area (Å²) in [4.78, 5) is 10.4. The van der Waals surface area contributed by atoms with Crippen molar-refractivity contribution in [2.75, 3.05) is 20.3 Å². The van der Waals surface area contributed by atoms with Crippen molar-refractivity contribution in [3.63, 3.8) is 0 Å². The number of hydrogen-bond donors (Lipinski definition) is 1. The number of methoxy groups -OCH3 is 1. The highest BCUT2D eigenvalue weighted by Gasteiger charge is 2.01. The molecule has 0 saturated heterocycles. The number of carbonyl (C=O) groups is 1. The van der Waals surface area contributed by atoms with E-state index in [1.807, 2.05) is 0 Å². The van der Waals surface area contributed by atoms with Gasteiger partial charge in [0.15, 0.2) is 0 Å². The third-order valence-electron chi connectivity index (χ3n) is 1.92. The topological polar surface area (TPSA) is 55.8 Å². The smallest absolute Gasteiger partial charge is 0.328 e. The van der Waals surface area contributed by atoms with Gasteiger partial charge in [-0.2, -0.15) is 0 Å². The van der Waals surface area contributed by atoms with E-state index in [-0.39, 0.29) is 0 Å². The molecule has 0 heterocycles. The van der Waals surface area contributed by atoms with Crippen molar-refractivity contribution < 1.29 is 19.4 Å². The van der Waals surface area contributed by atoms with Crippen LogP contribution in [0.15, 0.2) is 28.7 Å². The summed E-state index contributed by atoms with van der Waals surface area (Å²) in [5.74, 6) is -0.268. The van der Waals surface area contributed by atoms with Crippen molar-refractivity contribution in [1.29, 1.82) is 0 Å². The van der Waals surface area contributed by atoms with Crippen LogP contribution in [-0.4, -0.2) is 31.4 Å². The fraction of sp³-hybridized carbons (Fsp3) is 0.250. The molecule has 17 heavy (non-hydrogen) atoms. The summed E-state index contributed by atoms with van der Waals surface area (Å²) >= 11 is 3.36. The van der Waals surface area contributed by atoms with Gasteiger partial charge in [-0.15, -0.1) is 0 Å². The van der Waals surface area contributed by atoms with E-state index in [1.165, 1.54) is 6.08 Å². The molecule has 0 aliphatic carbocycles. The van der Waals surface area contributed by atoms with Crippen LogP contribution in [0.25, 0.3) is 6.08 Å². The lowest BCUT2D eigenvalue weighted by molar-refractivity contribution is -0.131. The van der Waals surface area contributed by atoms with E-state index in [4.69, 9.17) is 14.6 Å². The van der Waals surface area contributed by atoms with E-state index in [1.54, 1.807) is 25.3 Å². The molecule has 1 rings (SSSR count). The zero-order valence-corrected chi connectivity index (χ0v) is 10.9. The fourth-order valence-electron chi connectivity index (χ4n) is 1.14. The first kappa shape index (κ1) is 13.7. The third-order valence-corrected chi connectivity index (χ3v) is 2.54. The third kappa shape index (κ3) is 5.01. The van der Waals surface area contributed by atoms with Gasteiger partial charge in [-0.1, -0.05) is 6.07 Å². The molecule has 92 valence electrons. The van der Waals surface area contributed by atoms with Crippen LogP contribution >= 0.6 is 15.9 Å². The number of aliphatic carboxylic acids is 1. The summed E-state index contributed by atoms with van der Waals surface area (Å²) in [6.07, 6.45) is 2.61. The molecule has 0 spiro atoms. The summed E-state index contributed by atoms with van der Waals surface area (Å²) in [5.41, 5.74) is 0.790. The highest BCUT2D eigenvalue weighted by Crippen LogP contribution is 2.26. The van der Waals surface area contributed by atoms with Gasteiger partial charge in [0, 0.05) is 13.2 Å². The number of ether oxygens (including phenoxy) is 2. The van der Waals surface area contributed by atoms with Crippen LogP contribution in [0.4, 0.5) is 0 Å². The first-order valence-corrected chi connectivity index (χ1v) is 5.75. The van der Waals surface area contributed by atoms with Gasteiger partial charge in [0.1, 0.15) is 12.4 Å². The van der Waals surface area contributed by atoms with Crippen molar-refractivity contribution in [2.45, 2.75) is 0 Å². The molecule has 0 aromatic heterocycles. The second-order valence-electron chi connectivity index (χ2n) is 3.20. The molecule has 0 atom stereocenters. The van der Waals surface area contributed by atoms with E-state index < -0.39 is 5.97 Å². The largest absolute Gasteiger partial charge is 0.490 e. The van der Waals surface area contributed by atoms with E-state index in [9.17, 15) is 4.79 Å². The maximum Gasteiger partial charge on any atom is 0.328 e. The SMILES string of the molecule is COCCOc1ccc(C=CC(=O)O)cc1Br. The normalized spacial score (nSPS) is 10.7. The van der Waals surface area contributed by atoms with Crippen LogP contribution < -0.4 is 4.74 Å². The van der Waals surface area contributed by atoms with Crippen LogP contribution in [-0.2, 0) is 9.53 Å². The summed E-state index contributed by atoms with van der Waals surface area (Å²) in [5, 5.41) is 8.50. The second kappa shape index (κ2) is 7.09. The first-order chi connectivity index (χ1) is 8.13. The molecule has 0 amide bonds. The lowest BCUT2D eigenvalue weighted by Crippen LogP contribution is -2.04. The molecule has 0 fully saturated rings. The Kier molecular flexibility index (Phi) is 5.72. The van der Waals surface area contributed by atoms with E-state index in [2.05, 4.69) is 15.9 Å². The van der Waals surface area contributed by atoms with Crippen LogP contribution in [0.5, 0.6) is 5.75 Å². The fourth-order valence-corrected chi connectivity index (χ4v) is 1.65. The molecule has 1 aromatic carbocycles. The number of carboxylic acids is 1. The second-order valence-corrected chi connectivity index (χ2v) is 4.06. The van der Waals surface area contributed by atoms with Gasteiger partial charge in [-0.3, -0.25) is 0 Å². The van der Waals surface area contributed by atoms with Crippen LogP contribution in [0, 0.1) is 0 Å². The Labute approximate surface area is 108 Å². The first-order valence-electron chi connectivity index (χ1n) is 4.96. The zero-order chi connectivity index (χ0) is 12.7. The Morgan fingerprint density at radius 3 is 2.82 bits per heavy atom. The Bertz CT molecular complexity index is 415. The summed E-state index contributed by atoms with van der Waals surface area (Å²) in [7, 11) is 1.61. The summed E-state index contributed by atoms with van der Waals surface area (Å²) in [6.45, 7) is 0.993. The summed E-state index contributed by atoms with van der Waals surface area (Å²) < 4.78 is 11.1. The molecule has 1 aromatic rings. The van der Waals surface area contributed by atoms with E-state index in [0.29, 0.717) is 19.0 Å². The van der Waals surface area contributed by atoms with Gasteiger partial charge >= 0.3 is 5.97 Å². The molecule has 1 N–H and O–H groups in total. The van der Waals surface area contributed by atoms with E-state index >= 15 is 0 Å². The van der Waals surface area contributed by atoms with Gasteiger partial charge in [0.2, 0.25) is 0 Å². The van der Waals surface area contributed by atoms with Crippen molar-refractivity contribution in [1.82, 2.24) is 0 Å². The minimum Gasteiger partial charge on any atom is -0.490 e. The van der Waals surface area contributed by atoms with Crippen molar-refractivity contribution in [3.05, 3.63) is 34.3 Å². The van der Waals surface area contributed by atoms with Crippen molar-refractivity contribution >= 4 is 28.0 Å². The Hall–Kier alpha value is -1.33. The molecule has 0 radical (unpaired) electrons. The molecule has 0 aliphatic rings. The van der Waals surface area contributed by atoms with E-state index in [0.717, 1.165) is 16.1 Å². The van der Waals surface area contributed by atoms with Gasteiger partial charge in [0.05, 0.1) is 11.1 Å². The highest BCUT2D eigenvalue weighted by atomic mass is 79.9. The molecule has 0 unspecified atom stereocenters. The lowest BCUT2D eigenvalue weighted by atomic mass is 10.2. The maximum absolute atomic E-state index is 10.4. The number of hydrogen-bond acceptors (Lipinski definition) is 3. The quantitative estimate of drug-likeness (QED) is 0.648. The Morgan fingerprint density at radius 2 is 2.24 bits per heavy atom. The molecule has 0 bridgehead atoms. The predicted molar refractivity (Wildman–Crippen MR) is 68.2 cm³/mol. The van der Waals surface area contributed by atoms with Crippen molar-refractivity contribution in [3.8, 4) is 5.75 Å². The van der Waals surface area contributed by atoms with Crippen molar-refractivity contribution in [2.24, 2.45) is 0 Å². The molecule has 4 nitrogen and oxygen atoms in total. The van der Waals surface area contributed by atoms with Crippen LogP contribution in [0.3, 0.4) is 0 Å². The van der Waals surface area contributed by atoms with Gasteiger partial charge in [-0.25, -0.2) is 4.79 Å². The lowest BCUT2D eigenvalue weighted by Gasteiger charge is -2.07. The minimum absolute atomic E-state index is 0.472. The molecular weight excluding hydrogens is 288 g/mol. The van der Waals surface area contributed by atoms with Gasteiger partial charge < -0.3 is 14.6 Å². The molecule has 5 heteroatoms. The van der Waals surface area contributed by atoms with Crippen LogP contribution in [0.1, 0.15) is 5.56 Å². The maximum atomic E-state index is 10.4. The average Bonchev–Trinajstić information content (AvgIpc) is 2.29. The van der Waals surface area contributed by atoms with Gasteiger partial charge in [0.25, 0.3) is 0 Å². The monoisotopic (exact) mass is 300 g/mol.